The fraction of sp³-hybridized carbons (Fsp3) is 0. The molecule has 0 aliphatic rings. The Kier molecular flexibility index (Phi) is 90.2. The quantitative estimate of drug-likeness (QED) is 0.467. The van der Waals surface area contributed by atoms with Crippen molar-refractivity contribution in [2.45, 2.75) is 0 Å². The Labute approximate surface area is 146 Å². The van der Waals surface area contributed by atoms with Crippen LogP contribution in [0.15, 0.2) is 0 Å². The van der Waals surface area contributed by atoms with Crippen LogP contribution in [0, 0.1) is 151 Å². The summed E-state index contributed by atoms with van der Waals surface area (Å²) in [6.07, 6.45) is 0. The summed E-state index contributed by atoms with van der Waals surface area (Å²) >= 11 is 0. The van der Waals surface area contributed by atoms with E-state index in [0.29, 0.717) is 0 Å². The van der Waals surface area contributed by atoms with Gasteiger partial charge in [-0.1, -0.05) is 0 Å². The van der Waals surface area contributed by atoms with Gasteiger partial charge in [-0.05, 0) is 0 Å². The molecule has 0 amide bonds. The Morgan fingerprint density at radius 2 is 0.250 bits per heavy atom. The number of hydrogen-bond acceptors (Lipinski definition) is 0. The zero-order valence-electron chi connectivity index (χ0n) is 1.41. The van der Waals surface area contributed by atoms with Crippen LogP contribution in [0.3, 0.4) is 0 Å². The summed E-state index contributed by atoms with van der Waals surface area (Å²) in [5, 5.41) is 0. The molecular weight excluding hydrogens is 160 g/mol. The van der Waals surface area contributed by atoms with Gasteiger partial charge >= 0.3 is 0 Å². The first-order chi connectivity index (χ1) is 0. The molecule has 4 heteroatoms. The largest absolute Gasteiger partial charge is 0 e. The summed E-state index contributed by atoms with van der Waals surface area (Å²) in [7, 11) is 0. The van der Waals surface area contributed by atoms with E-state index in [-0.39, 0.29) is 151 Å². The van der Waals surface area contributed by atoms with Gasteiger partial charge in [-0.3, -0.25) is 0 Å². The van der Waals surface area contributed by atoms with Gasteiger partial charge in [-0.25, -0.2) is 0 Å². The van der Waals surface area contributed by atoms with Gasteiger partial charge in [0.05, 0.1) is 0 Å². The molecule has 0 aliphatic carbocycles. The fourth-order valence-corrected chi connectivity index (χ4v) is 0. The van der Waals surface area contributed by atoms with Crippen LogP contribution in [0.5, 0.6) is 0 Å². The van der Waals surface area contributed by atoms with E-state index in [4.69, 9.17) is 0 Å². The first-order valence-electron chi connectivity index (χ1n) is 0. The molecule has 0 heterocycles. The van der Waals surface area contributed by atoms with Gasteiger partial charge in [-0.2, -0.15) is 0 Å². The molecule has 0 spiro atoms. The van der Waals surface area contributed by atoms with Crippen LogP contribution in [0.1, 0.15) is 0 Å². The summed E-state index contributed by atoms with van der Waals surface area (Å²) in [6, 6.07) is 0. The molecular formula is Ar4. The van der Waals surface area contributed by atoms with E-state index in [2.05, 4.69) is 0 Å². The zero-order chi connectivity index (χ0) is 0. The fourth-order valence-electron chi connectivity index (χ4n) is 0. The minimum Gasteiger partial charge on any atom is 0 e. The molecule has 0 nitrogen and oxygen atoms in total. The van der Waals surface area contributed by atoms with Crippen molar-refractivity contribution in [1.29, 1.82) is 0 Å². The average molecular weight is 160 g/mol. The minimum absolute atomic E-state index is 0. The van der Waals surface area contributed by atoms with E-state index in [0.717, 1.165) is 0 Å². The second-order valence-electron chi connectivity index (χ2n) is 0. The smallest absolute Gasteiger partial charge is 0 e. The van der Waals surface area contributed by atoms with Crippen LogP contribution in [0.25, 0.3) is 0 Å². The van der Waals surface area contributed by atoms with Gasteiger partial charge in [0.25, 0.3) is 0 Å². The van der Waals surface area contributed by atoms with Crippen LogP contribution < -0.4 is 0 Å². The Morgan fingerprint density at radius 3 is 0.250 bits per heavy atom. The second-order valence-corrected chi connectivity index (χ2v) is 0. The van der Waals surface area contributed by atoms with E-state index in [1.807, 2.05) is 0 Å². The summed E-state index contributed by atoms with van der Waals surface area (Å²) < 4.78 is 0. The van der Waals surface area contributed by atoms with E-state index in [1.54, 1.807) is 0 Å². The molecule has 0 rings (SSSR count). The predicted octanol–water partition coefficient (Wildman–Crippen LogP) is 0. The van der Waals surface area contributed by atoms with Crippen molar-refractivity contribution in [3.63, 3.8) is 0 Å². The van der Waals surface area contributed by atoms with Crippen molar-refractivity contribution >= 4 is 0 Å². The maximum absolute atomic E-state index is 0. The summed E-state index contributed by atoms with van der Waals surface area (Å²) in [6.45, 7) is 0. The van der Waals surface area contributed by atoms with Gasteiger partial charge in [-0.15, -0.1) is 0 Å². The van der Waals surface area contributed by atoms with Crippen molar-refractivity contribution in [3.8, 4) is 0 Å². The van der Waals surface area contributed by atoms with Crippen LogP contribution in [0.2, 0.25) is 0 Å². The van der Waals surface area contributed by atoms with Crippen LogP contribution >= 0.6 is 0 Å². The van der Waals surface area contributed by atoms with Gasteiger partial charge in [0, 0.05) is 151 Å². The predicted molar refractivity (Wildman–Crippen MR) is 0 cm³/mol. The SMILES string of the molecule is [Ar].[Ar].[Ar].[Ar]. The monoisotopic (exact) mass is 160 g/mol. The van der Waals surface area contributed by atoms with E-state index < -0.39 is 0 Å². The molecule has 32 valence electrons. The Balaban J connectivity index is 0. The molecule has 0 saturated carbocycles. The van der Waals surface area contributed by atoms with Gasteiger partial charge in [0.1, 0.15) is 0 Å². The minimum atomic E-state index is 0. The molecule has 0 aromatic rings. The summed E-state index contributed by atoms with van der Waals surface area (Å²) in [5.74, 6) is 0. The van der Waals surface area contributed by atoms with Gasteiger partial charge < -0.3 is 0 Å². The van der Waals surface area contributed by atoms with E-state index >= 15 is 0 Å². The molecule has 0 radical (unpaired) electrons. The second kappa shape index (κ2) is 15.7. The van der Waals surface area contributed by atoms with Crippen LogP contribution in [0.4, 0.5) is 0 Å². The van der Waals surface area contributed by atoms with Crippen molar-refractivity contribution in [2.24, 2.45) is 0 Å². The first kappa shape index (κ1) is 23.0. The molecule has 0 aromatic heterocycles. The molecule has 0 fully saturated rings. The van der Waals surface area contributed by atoms with Gasteiger partial charge in [0.2, 0.25) is 0 Å². The summed E-state index contributed by atoms with van der Waals surface area (Å²) in [5.41, 5.74) is 0. The molecule has 0 aliphatic heterocycles. The molecule has 0 atom stereocenters. The van der Waals surface area contributed by atoms with E-state index in [9.17, 15) is 0 Å². The van der Waals surface area contributed by atoms with Crippen LogP contribution in [-0.2, 0) is 0 Å². The molecule has 0 aromatic carbocycles. The Bertz CT molecular complexity index is 0. The first-order valence-corrected chi connectivity index (χ1v) is 0. The Morgan fingerprint density at radius 1 is 0.250 bits per heavy atom. The molecule has 0 unspecified atom stereocenters. The maximum atomic E-state index is 0. The summed E-state index contributed by atoms with van der Waals surface area (Å²) in [4.78, 5) is 0. The molecule has 0 bridgehead atoms. The number of rotatable bonds is 0. The molecule has 4 heavy (non-hydrogen) atoms. The number of hydrogen-bond donors (Lipinski definition) is 0. The maximum Gasteiger partial charge on any atom is 0 e. The van der Waals surface area contributed by atoms with Crippen molar-refractivity contribution in [2.75, 3.05) is 0 Å². The van der Waals surface area contributed by atoms with Crippen LogP contribution in [-0.4, -0.2) is 0 Å². The van der Waals surface area contributed by atoms with Crippen molar-refractivity contribution < 1.29 is 151 Å². The average Bonchev–Trinajstić information content (AvgIpc) is 0. The van der Waals surface area contributed by atoms with Crippen molar-refractivity contribution in [3.05, 3.63) is 0 Å². The molecule has 0 saturated heterocycles. The topological polar surface area (TPSA) is 0 Å². The Hall–Kier alpha value is 5.04. The third kappa shape index (κ3) is 10.1. The van der Waals surface area contributed by atoms with Gasteiger partial charge in [0.15, 0.2) is 0 Å². The van der Waals surface area contributed by atoms with Crippen molar-refractivity contribution in [1.82, 2.24) is 0 Å². The third-order valence-electron chi connectivity index (χ3n) is 0. The normalized spacial score (nSPS) is 0. The van der Waals surface area contributed by atoms with E-state index in [1.165, 1.54) is 0 Å². The molecule has 0 N–H and O–H groups in total. The standard InChI is InChI=1S/4Ar. The zero-order valence-corrected chi connectivity index (χ0v) is 4.24. The third-order valence-corrected chi connectivity index (χ3v) is 0.